The van der Waals surface area contributed by atoms with Gasteiger partial charge in [-0.2, -0.15) is 0 Å². The van der Waals surface area contributed by atoms with E-state index in [1.807, 2.05) is 18.2 Å². The van der Waals surface area contributed by atoms with Crippen molar-refractivity contribution in [2.45, 2.75) is 6.04 Å². The fourth-order valence-corrected chi connectivity index (χ4v) is 2.23. The summed E-state index contributed by atoms with van der Waals surface area (Å²) in [6, 6.07) is 5.84. The maximum atomic E-state index is 5.77. The van der Waals surface area contributed by atoms with Crippen LogP contribution in [0.25, 0.3) is 0 Å². The summed E-state index contributed by atoms with van der Waals surface area (Å²) in [5.41, 5.74) is 6.82. The minimum absolute atomic E-state index is 0.0983. The molecule has 3 heteroatoms. The molecule has 1 rings (SSSR count). The number of rotatable bonds is 2. The molecule has 2 N–H and O–H groups in total. The van der Waals surface area contributed by atoms with Crippen LogP contribution in [0.5, 0.6) is 0 Å². The molecule has 0 bridgehead atoms. The molecule has 0 aromatic heterocycles. The average molecular weight is 291 g/mol. The van der Waals surface area contributed by atoms with Crippen molar-refractivity contribution in [2.75, 3.05) is 0 Å². The number of halogens is 2. The Balaban J connectivity index is 3.08. The van der Waals surface area contributed by atoms with Gasteiger partial charge in [-0.05, 0) is 23.8 Å². The third-order valence-electron chi connectivity index (χ3n) is 1.52. The molecular formula is C9H9Br2N. The summed E-state index contributed by atoms with van der Waals surface area (Å²) < 4.78 is 2.04. The highest BCUT2D eigenvalue weighted by Crippen LogP contribution is 2.23. The van der Waals surface area contributed by atoms with Gasteiger partial charge in [0.1, 0.15) is 0 Å². The van der Waals surface area contributed by atoms with Crippen molar-refractivity contribution in [1.29, 1.82) is 0 Å². The Morgan fingerprint density at radius 1 is 1.25 bits per heavy atom. The van der Waals surface area contributed by atoms with Crippen molar-refractivity contribution in [1.82, 2.24) is 0 Å². The van der Waals surface area contributed by atoms with Gasteiger partial charge in [0, 0.05) is 15.0 Å². The Kier molecular flexibility index (Phi) is 3.50. The lowest BCUT2D eigenvalue weighted by molar-refractivity contribution is 0.912. The number of benzene rings is 1. The predicted octanol–water partition coefficient (Wildman–Crippen LogP) is 3.40. The topological polar surface area (TPSA) is 26.0 Å². The lowest BCUT2D eigenvalue weighted by atomic mass is 10.1. The zero-order valence-corrected chi connectivity index (χ0v) is 9.60. The largest absolute Gasteiger partial charge is 0.321 e. The van der Waals surface area contributed by atoms with Crippen LogP contribution in [0.4, 0.5) is 0 Å². The lowest BCUT2D eigenvalue weighted by Gasteiger charge is -2.07. The Labute approximate surface area is 88.9 Å². The van der Waals surface area contributed by atoms with E-state index in [0.717, 1.165) is 14.5 Å². The van der Waals surface area contributed by atoms with E-state index in [4.69, 9.17) is 5.73 Å². The highest BCUT2D eigenvalue weighted by atomic mass is 79.9. The summed E-state index contributed by atoms with van der Waals surface area (Å²) in [5.74, 6) is 0. The van der Waals surface area contributed by atoms with Crippen molar-refractivity contribution >= 4 is 31.9 Å². The first-order valence-corrected chi connectivity index (χ1v) is 5.06. The summed E-state index contributed by atoms with van der Waals surface area (Å²) in [4.78, 5) is 0. The molecule has 0 aliphatic heterocycles. The van der Waals surface area contributed by atoms with Gasteiger partial charge in [0.25, 0.3) is 0 Å². The summed E-state index contributed by atoms with van der Waals surface area (Å²) in [6.45, 7) is 3.64. The minimum atomic E-state index is -0.0983. The van der Waals surface area contributed by atoms with Gasteiger partial charge in [-0.3, -0.25) is 0 Å². The van der Waals surface area contributed by atoms with Gasteiger partial charge in [0.15, 0.2) is 0 Å². The summed E-state index contributed by atoms with van der Waals surface area (Å²) >= 11 is 6.78. The second-order valence-corrected chi connectivity index (χ2v) is 4.30. The van der Waals surface area contributed by atoms with Gasteiger partial charge in [0.05, 0.1) is 0 Å². The van der Waals surface area contributed by atoms with Crippen molar-refractivity contribution in [3.05, 3.63) is 45.4 Å². The fourth-order valence-electron chi connectivity index (χ4n) is 0.904. The molecule has 0 unspecified atom stereocenters. The molecule has 0 fully saturated rings. The molecular weight excluding hydrogens is 282 g/mol. The van der Waals surface area contributed by atoms with Crippen LogP contribution in [0.3, 0.4) is 0 Å². The monoisotopic (exact) mass is 289 g/mol. The second kappa shape index (κ2) is 4.21. The SMILES string of the molecule is C=C[C@H](N)c1cc(Br)cc(Br)c1. The molecule has 0 saturated carbocycles. The van der Waals surface area contributed by atoms with Crippen LogP contribution in [-0.4, -0.2) is 0 Å². The summed E-state index contributed by atoms with van der Waals surface area (Å²) in [5, 5.41) is 0. The predicted molar refractivity (Wildman–Crippen MR) is 59.0 cm³/mol. The third kappa shape index (κ3) is 2.44. The molecule has 0 aliphatic rings. The maximum Gasteiger partial charge on any atom is 0.0479 e. The van der Waals surface area contributed by atoms with Gasteiger partial charge in [-0.25, -0.2) is 0 Å². The van der Waals surface area contributed by atoms with Crippen molar-refractivity contribution in [2.24, 2.45) is 5.73 Å². The molecule has 0 radical (unpaired) electrons. The second-order valence-electron chi connectivity index (χ2n) is 2.46. The summed E-state index contributed by atoms with van der Waals surface area (Å²) in [6.07, 6.45) is 1.72. The van der Waals surface area contributed by atoms with Gasteiger partial charge in [0.2, 0.25) is 0 Å². The van der Waals surface area contributed by atoms with Gasteiger partial charge in [-0.15, -0.1) is 6.58 Å². The van der Waals surface area contributed by atoms with Gasteiger partial charge in [-0.1, -0.05) is 37.9 Å². The highest BCUT2D eigenvalue weighted by Gasteiger charge is 2.02. The standard InChI is InChI=1S/C9H9Br2N/c1-2-9(12)6-3-7(10)5-8(11)4-6/h2-5,9H,1,12H2/t9-/m0/s1. The van der Waals surface area contributed by atoms with Crippen LogP contribution in [0.2, 0.25) is 0 Å². The fraction of sp³-hybridized carbons (Fsp3) is 0.111. The van der Waals surface area contributed by atoms with Gasteiger partial charge < -0.3 is 5.73 Å². The minimum Gasteiger partial charge on any atom is -0.321 e. The van der Waals surface area contributed by atoms with Crippen LogP contribution < -0.4 is 5.73 Å². The van der Waals surface area contributed by atoms with Gasteiger partial charge >= 0.3 is 0 Å². The van der Waals surface area contributed by atoms with Crippen LogP contribution in [0, 0.1) is 0 Å². The molecule has 0 amide bonds. The Bertz CT molecular complexity index is 276. The zero-order chi connectivity index (χ0) is 9.14. The normalized spacial score (nSPS) is 12.6. The Morgan fingerprint density at radius 2 is 1.75 bits per heavy atom. The maximum absolute atomic E-state index is 5.77. The van der Waals surface area contributed by atoms with E-state index < -0.39 is 0 Å². The van der Waals surface area contributed by atoms with Crippen LogP contribution in [-0.2, 0) is 0 Å². The Morgan fingerprint density at radius 3 is 2.17 bits per heavy atom. The molecule has 12 heavy (non-hydrogen) atoms. The van der Waals surface area contributed by atoms with Crippen LogP contribution >= 0.6 is 31.9 Å². The molecule has 0 aliphatic carbocycles. The van der Waals surface area contributed by atoms with Crippen molar-refractivity contribution in [3.8, 4) is 0 Å². The first-order chi connectivity index (χ1) is 5.63. The molecule has 64 valence electrons. The van der Waals surface area contributed by atoms with E-state index in [2.05, 4.69) is 38.4 Å². The average Bonchev–Trinajstić information content (AvgIpc) is 2.01. The smallest absolute Gasteiger partial charge is 0.0479 e. The molecule has 1 nitrogen and oxygen atoms in total. The summed E-state index contributed by atoms with van der Waals surface area (Å²) in [7, 11) is 0. The molecule has 1 atom stereocenters. The first-order valence-electron chi connectivity index (χ1n) is 3.47. The van der Waals surface area contributed by atoms with E-state index in [9.17, 15) is 0 Å². The first kappa shape index (κ1) is 9.96. The van der Waals surface area contributed by atoms with E-state index >= 15 is 0 Å². The highest BCUT2D eigenvalue weighted by molar-refractivity contribution is 9.11. The van der Waals surface area contributed by atoms with Crippen LogP contribution in [0.15, 0.2) is 39.8 Å². The van der Waals surface area contributed by atoms with E-state index in [1.165, 1.54) is 0 Å². The molecule has 1 aromatic rings. The Hall–Kier alpha value is -0.120. The van der Waals surface area contributed by atoms with E-state index in [-0.39, 0.29) is 6.04 Å². The zero-order valence-electron chi connectivity index (χ0n) is 6.43. The van der Waals surface area contributed by atoms with E-state index in [1.54, 1.807) is 6.08 Å². The number of hydrogen-bond acceptors (Lipinski definition) is 1. The molecule has 0 heterocycles. The quantitative estimate of drug-likeness (QED) is 0.830. The molecule has 0 spiro atoms. The van der Waals surface area contributed by atoms with Crippen LogP contribution in [0.1, 0.15) is 11.6 Å². The number of hydrogen-bond donors (Lipinski definition) is 1. The third-order valence-corrected chi connectivity index (χ3v) is 2.44. The van der Waals surface area contributed by atoms with Crippen molar-refractivity contribution in [3.63, 3.8) is 0 Å². The number of nitrogens with two attached hydrogens (primary N) is 1. The molecule has 1 aromatic carbocycles. The van der Waals surface area contributed by atoms with E-state index in [0.29, 0.717) is 0 Å². The lowest BCUT2D eigenvalue weighted by Crippen LogP contribution is -2.06. The van der Waals surface area contributed by atoms with Crippen molar-refractivity contribution < 1.29 is 0 Å². The molecule has 0 saturated heterocycles.